The number of nitrogens with one attached hydrogen (secondary N) is 3. The van der Waals surface area contributed by atoms with Crippen LogP contribution in [-0.4, -0.2) is 70.9 Å². The van der Waals surface area contributed by atoms with Crippen LogP contribution in [0.25, 0.3) is 0 Å². The van der Waals surface area contributed by atoms with Crippen molar-refractivity contribution in [2.24, 2.45) is 17.4 Å². The number of aliphatic carboxylic acids is 1. The van der Waals surface area contributed by atoms with Gasteiger partial charge in [0.05, 0.1) is 6.04 Å². The lowest BCUT2D eigenvalue weighted by atomic mass is 9.98. The lowest BCUT2D eigenvalue weighted by Gasteiger charge is -2.26. The van der Waals surface area contributed by atoms with E-state index in [2.05, 4.69) is 16.0 Å². The highest BCUT2D eigenvalue weighted by Gasteiger charge is 2.31. The van der Waals surface area contributed by atoms with Crippen molar-refractivity contribution in [1.82, 2.24) is 16.0 Å². The zero-order valence-electron chi connectivity index (χ0n) is 18.5. The Morgan fingerprint density at radius 3 is 1.90 bits per heavy atom. The smallest absolute Gasteiger partial charge is 0.326 e. The first-order valence-corrected chi connectivity index (χ1v) is 11.5. The fourth-order valence-electron chi connectivity index (χ4n) is 2.57. The summed E-state index contributed by atoms with van der Waals surface area (Å²) in [6.07, 6.45) is 2.33. The Balaban J connectivity index is 5.50. The van der Waals surface area contributed by atoms with Crippen LogP contribution in [0.2, 0.25) is 0 Å². The van der Waals surface area contributed by atoms with Crippen molar-refractivity contribution in [3.05, 3.63) is 0 Å². The van der Waals surface area contributed by atoms with E-state index in [0.29, 0.717) is 18.6 Å². The van der Waals surface area contributed by atoms with Gasteiger partial charge in [-0.3, -0.25) is 19.2 Å². The predicted octanol–water partition coefficient (Wildman–Crippen LogP) is -1.06. The van der Waals surface area contributed by atoms with Gasteiger partial charge in [-0.25, -0.2) is 4.79 Å². The molecule has 0 aromatic rings. The number of hydrogen-bond acceptors (Lipinski definition) is 7. The lowest BCUT2D eigenvalue weighted by molar-refractivity contribution is -0.144. The zero-order valence-corrected chi connectivity index (χ0v) is 19.3. The van der Waals surface area contributed by atoms with Gasteiger partial charge in [0.2, 0.25) is 23.6 Å². The Kier molecular flexibility index (Phi) is 13.5. The molecular formula is C19H35N5O6S. The van der Waals surface area contributed by atoms with Crippen LogP contribution in [0.3, 0.4) is 0 Å². The van der Waals surface area contributed by atoms with E-state index >= 15 is 0 Å². The minimum atomic E-state index is -1.20. The molecule has 0 saturated carbocycles. The SMILES string of the molecule is CC[C@H](C)[C@H](NC(=O)[C@H](CCC(N)=O)NC(=O)[C@H](CCSC)NC(=O)[C@H](C)N)C(=O)O. The van der Waals surface area contributed by atoms with E-state index in [1.165, 1.54) is 18.7 Å². The van der Waals surface area contributed by atoms with E-state index in [1.54, 1.807) is 13.8 Å². The topological polar surface area (TPSA) is 194 Å². The second-order valence-corrected chi connectivity index (χ2v) is 8.39. The van der Waals surface area contributed by atoms with Crippen LogP contribution in [0.15, 0.2) is 0 Å². The summed E-state index contributed by atoms with van der Waals surface area (Å²) < 4.78 is 0. The van der Waals surface area contributed by atoms with Gasteiger partial charge in [0.25, 0.3) is 0 Å². The molecule has 0 aromatic heterocycles. The van der Waals surface area contributed by atoms with Crippen molar-refractivity contribution >= 4 is 41.4 Å². The molecule has 0 heterocycles. The van der Waals surface area contributed by atoms with Crippen molar-refractivity contribution in [1.29, 1.82) is 0 Å². The largest absolute Gasteiger partial charge is 0.480 e. The summed E-state index contributed by atoms with van der Waals surface area (Å²) in [6.45, 7) is 4.94. The number of carboxylic acids is 1. The Morgan fingerprint density at radius 1 is 0.935 bits per heavy atom. The monoisotopic (exact) mass is 461 g/mol. The van der Waals surface area contributed by atoms with Crippen LogP contribution in [0.5, 0.6) is 0 Å². The highest BCUT2D eigenvalue weighted by atomic mass is 32.2. The highest BCUT2D eigenvalue weighted by molar-refractivity contribution is 7.98. The Labute approximate surface area is 186 Å². The first-order chi connectivity index (χ1) is 14.4. The predicted molar refractivity (Wildman–Crippen MR) is 118 cm³/mol. The molecule has 0 bridgehead atoms. The zero-order chi connectivity index (χ0) is 24.1. The molecule has 8 N–H and O–H groups in total. The average Bonchev–Trinajstić information content (AvgIpc) is 2.70. The molecular weight excluding hydrogens is 426 g/mol. The number of primary amides is 1. The number of nitrogens with two attached hydrogens (primary N) is 2. The summed E-state index contributed by atoms with van der Waals surface area (Å²) in [5.41, 5.74) is 10.7. The van der Waals surface area contributed by atoms with Gasteiger partial charge in [0.1, 0.15) is 18.1 Å². The molecule has 31 heavy (non-hydrogen) atoms. The first kappa shape index (κ1) is 28.7. The molecule has 0 aliphatic carbocycles. The van der Waals surface area contributed by atoms with Crippen LogP contribution >= 0.6 is 11.8 Å². The van der Waals surface area contributed by atoms with E-state index in [9.17, 15) is 29.1 Å². The van der Waals surface area contributed by atoms with E-state index < -0.39 is 53.8 Å². The van der Waals surface area contributed by atoms with Gasteiger partial charge < -0.3 is 32.5 Å². The molecule has 178 valence electrons. The van der Waals surface area contributed by atoms with Crippen molar-refractivity contribution < 1.29 is 29.1 Å². The summed E-state index contributed by atoms with van der Waals surface area (Å²) in [4.78, 5) is 60.2. The van der Waals surface area contributed by atoms with Crippen LogP contribution in [0.1, 0.15) is 46.5 Å². The minimum absolute atomic E-state index is 0.115. The number of carbonyl (C=O) groups is 5. The Morgan fingerprint density at radius 2 is 1.45 bits per heavy atom. The van der Waals surface area contributed by atoms with Gasteiger partial charge in [0, 0.05) is 6.42 Å². The van der Waals surface area contributed by atoms with Crippen molar-refractivity contribution in [2.45, 2.75) is 70.6 Å². The molecule has 0 aliphatic heterocycles. The molecule has 0 saturated heterocycles. The molecule has 0 rings (SSSR count). The number of thioether (sulfide) groups is 1. The number of rotatable bonds is 15. The molecule has 0 radical (unpaired) electrons. The van der Waals surface area contributed by atoms with Gasteiger partial charge in [-0.05, 0) is 37.7 Å². The number of carboxylic acid groups (broad SMARTS) is 1. The average molecular weight is 462 g/mol. The molecule has 0 unspecified atom stereocenters. The fourth-order valence-corrected chi connectivity index (χ4v) is 3.04. The molecule has 11 nitrogen and oxygen atoms in total. The van der Waals surface area contributed by atoms with Crippen molar-refractivity contribution in [3.63, 3.8) is 0 Å². The van der Waals surface area contributed by atoms with Gasteiger partial charge in [-0.1, -0.05) is 20.3 Å². The van der Waals surface area contributed by atoms with Crippen molar-refractivity contribution in [2.75, 3.05) is 12.0 Å². The second-order valence-electron chi connectivity index (χ2n) is 7.41. The summed E-state index contributed by atoms with van der Waals surface area (Å²) >= 11 is 1.47. The third-order valence-electron chi connectivity index (χ3n) is 4.75. The molecule has 0 spiro atoms. The van der Waals surface area contributed by atoms with E-state index in [4.69, 9.17) is 11.5 Å². The maximum absolute atomic E-state index is 12.8. The van der Waals surface area contributed by atoms with Gasteiger partial charge in [0.15, 0.2) is 0 Å². The van der Waals surface area contributed by atoms with Gasteiger partial charge >= 0.3 is 5.97 Å². The number of amides is 4. The molecule has 5 atom stereocenters. The molecule has 4 amide bonds. The highest BCUT2D eigenvalue weighted by Crippen LogP contribution is 2.10. The molecule has 0 aromatic carbocycles. The molecule has 0 fully saturated rings. The van der Waals surface area contributed by atoms with E-state index in [-0.39, 0.29) is 18.8 Å². The van der Waals surface area contributed by atoms with Crippen LogP contribution in [-0.2, 0) is 24.0 Å². The number of hydrogen-bond donors (Lipinski definition) is 6. The lowest BCUT2D eigenvalue weighted by Crippen LogP contribution is -2.57. The van der Waals surface area contributed by atoms with E-state index in [1.807, 2.05) is 6.26 Å². The molecule has 0 aliphatic rings. The minimum Gasteiger partial charge on any atom is -0.480 e. The first-order valence-electron chi connectivity index (χ1n) is 10.1. The Hall–Kier alpha value is -2.34. The Bertz CT molecular complexity index is 645. The second kappa shape index (κ2) is 14.6. The maximum atomic E-state index is 12.8. The summed E-state index contributed by atoms with van der Waals surface area (Å²) in [5.74, 6) is -3.58. The summed E-state index contributed by atoms with van der Waals surface area (Å²) in [5, 5.41) is 16.9. The van der Waals surface area contributed by atoms with E-state index in [0.717, 1.165) is 0 Å². The molecule has 12 heteroatoms. The fraction of sp³-hybridized carbons (Fsp3) is 0.737. The van der Waals surface area contributed by atoms with Crippen molar-refractivity contribution in [3.8, 4) is 0 Å². The standard InChI is InChI=1S/C19H35N5O6S/c1-5-10(2)15(19(29)30)24-18(28)12(6-7-14(21)25)23-17(27)13(8-9-31-4)22-16(26)11(3)20/h10-13,15H,5-9,20H2,1-4H3,(H2,21,25)(H,22,26)(H,23,27)(H,24,28)(H,29,30)/t10-,11-,12-,13-,15-/m0/s1. The van der Waals surface area contributed by atoms with Gasteiger partial charge in [-0.2, -0.15) is 11.8 Å². The quantitative estimate of drug-likeness (QED) is 0.177. The summed E-state index contributed by atoms with van der Waals surface area (Å²) in [7, 11) is 0. The summed E-state index contributed by atoms with van der Waals surface area (Å²) in [6, 6.07) is -4.13. The number of carbonyl (C=O) groups excluding carboxylic acids is 4. The van der Waals surface area contributed by atoms with Crippen LogP contribution in [0, 0.1) is 5.92 Å². The van der Waals surface area contributed by atoms with Crippen LogP contribution in [0.4, 0.5) is 0 Å². The van der Waals surface area contributed by atoms with Gasteiger partial charge in [-0.15, -0.1) is 0 Å². The third kappa shape index (κ3) is 11.0. The van der Waals surface area contributed by atoms with Crippen LogP contribution < -0.4 is 27.4 Å². The normalized spacial score (nSPS) is 15.6. The third-order valence-corrected chi connectivity index (χ3v) is 5.39. The maximum Gasteiger partial charge on any atom is 0.326 e.